The van der Waals surface area contributed by atoms with Crippen LogP contribution in [0.5, 0.6) is 0 Å². The monoisotopic (exact) mass is 190 g/mol. The van der Waals surface area contributed by atoms with Gasteiger partial charge in [-0.05, 0) is 31.4 Å². The van der Waals surface area contributed by atoms with Gasteiger partial charge in [-0.15, -0.1) is 0 Å². The molecular weight excluding hydrogens is 172 g/mol. The van der Waals surface area contributed by atoms with Crippen LogP contribution in [0.1, 0.15) is 31.4 Å². The fourth-order valence-electron chi connectivity index (χ4n) is 1.48. The molecule has 0 aliphatic heterocycles. The molecule has 1 atom stereocenters. The summed E-state index contributed by atoms with van der Waals surface area (Å²) in [5, 5.41) is 9.29. The van der Waals surface area contributed by atoms with Crippen LogP contribution in [0, 0.1) is 6.92 Å². The molecule has 0 aliphatic carbocycles. The molecule has 0 spiro atoms. The van der Waals surface area contributed by atoms with E-state index in [9.17, 15) is 5.11 Å². The average molecular weight is 190 g/mol. The van der Waals surface area contributed by atoms with E-state index in [0.29, 0.717) is 0 Å². The van der Waals surface area contributed by atoms with Gasteiger partial charge in [-0.25, -0.2) is 0 Å². The first-order valence-electron chi connectivity index (χ1n) is 5.09. The van der Waals surface area contributed by atoms with E-state index in [-0.39, 0.29) is 6.10 Å². The quantitative estimate of drug-likeness (QED) is 0.776. The molecule has 1 unspecified atom stereocenters. The lowest BCUT2D eigenvalue weighted by atomic mass is 10.0. The summed E-state index contributed by atoms with van der Waals surface area (Å²) in [6, 6.07) is 8.40. The second kappa shape index (κ2) is 4.97. The van der Waals surface area contributed by atoms with Gasteiger partial charge in [-0.2, -0.15) is 0 Å². The van der Waals surface area contributed by atoms with Crippen molar-refractivity contribution in [3.8, 4) is 0 Å². The average Bonchev–Trinajstić information content (AvgIpc) is 2.15. The second-order valence-corrected chi connectivity index (χ2v) is 3.65. The van der Waals surface area contributed by atoms with Gasteiger partial charge in [0.25, 0.3) is 0 Å². The number of allylic oxidation sites excluding steroid dienone is 1. The van der Waals surface area contributed by atoms with Gasteiger partial charge in [0.15, 0.2) is 0 Å². The lowest BCUT2D eigenvalue weighted by molar-refractivity contribution is 0.244. The molecule has 1 rings (SSSR count). The zero-order valence-electron chi connectivity index (χ0n) is 9.12. The van der Waals surface area contributed by atoms with Gasteiger partial charge in [-0.3, -0.25) is 0 Å². The number of aryl methyl sites for hydroxylation is 1. The highest BCUT2D eigenvalue weighted by Crippen LogP contribution is 2.18. The highest BCUT2D eigenvalue weighted by molar-refractivity contribution is 5.65. The lowest BCUT2D eigenvalue weighted by Crippen LogP contribution is -1.95. The van der Waals surface area contributed by atoms with Crippen LogP contribution in [0.25, 0.3) is 5.57 Å². The molecule has 0 heterocycles. The Morgan fingerprint density at radius 1 is 1.36 bits per heavy atom. The van der Waals surface area contributed by atoms with E-state index in [1.807, 2.05) is 6.08 Å². The first kappa shape index (κ1) is 11.0. The van der Waals surface area contributed by atoms with Crippen molar-refractivity contribution in [2.75, 3.05) is 0 Å². The van der Waals surface area contributed by atoms with Crippen LogP contribution >= 0.6 is 0 Å². The van der Waals surface area contributed by atoms with E-state index in [4.69, 9.17) is 0 Å². The molecule has 0 aromatic heterocycles. The molecule has 1 aromatic rings. The summed E-state index contributed by atoms with van der Waals surface area (Å²) in [5.41, 5.74) is 3.68. The number of hydrogen-bond donors (Lipinski definition) is 1. The summed E-state index contributed by atoms with van der Waals surface area (Å²) in [7, 11) is 0. The van der Waals surface area contributed by atoms with Crippen LogP contribution in [0.15, 0.2) is 30.3 Å². The van der Waals surface area contributed by atoms with Crippen LogP contribution in [0.2, 0.25) is 0 Å². The largest absolute Gasteiger partial charge is 0.389 e. The zero-order valence-corrected chi connectivity index (χ0v) is 9.12. The Labute approximate surface area is 86.1 Å². The van der Waals surface area contributed by atoms with Crippen LogP contribution in [-0.2, 0) is 0 Å². The summed E-state index contributed by atoms with van der Waals surface area (Å²) in [4.78, 5) is 0. The van der Waals surface area contributed by atoms with Crippen molar-refractivity contribution in [3.63, 3.8) is 0 Å². The third-order valence-electron chi connectivity index (χ3n) is 2.25. The van der Waals surface area contributed by atoms with E-state index >= 15 is 0 Å². The van der Waals surface area contributed by atoms with E-state index in [1.165, 1.54) is 16.7 Å². The number of aliphatic hydroxyl groups excluding tert-OH is 1. The molecule has 0 saturated heterocycles. The molecule has 0 fully saturated rings. The highest BCUT2D eigenvalue weighted by Gasteiger charge is 2.00. The van der Waals surface area contributed by atoms with E-state index in [1.54, 1.807) is 6.92 Å². The Kier molecular flexibility index (Phi) is 3.90. The van der Waals surface area contributed by atoms with Crippen LogP contribution in [-0.4, -0.2) is 11.2 Å². The topological polar surface area (TPSA) is 20.2 Å². The molecule has 0 bridgehead atoms. The zero-order chi connectivity index (χ0) is 10.6. The number of hydrogen-bond acceptors (Lipinski definition) is 1. The van der Waals surface area contributed by atoms with Crippen LogP contribution in [0.4, 0.5) is 0 Å². The fraction of sp³-hybridized carbons (Fsp3) is 0.385. The maximum Gasteiger partial charge on any atom is 0.0698 e. The minimum atomic E-state index is -0.369. The van der Waals surface area contributed by atoms with E-state index in [2.05, 4.69) is 38.1 Å². The second-order valence-electron chi connectivity index (χ2n) is 3.65. The lowest BCUT2D eigenvalue weighted by Gasteiger charge is -2.07. The maximum atomic E-state index is 9.29. The molecule has 1 heteroatoms. The summed E-state index contributed by atoms with van der Waals surface area (Å²) in [6.45, 7) is 5.96. The molecule has 76 valence electrons. The molecule has 0 amide bonds. The Morgan fingerprint density at radius 2 is 1.93 bits per heavy atom. The van der Waals surface area contributed by atoms with E-state index in [0.717, 1.165) is 6.42 Å². The van der Waals surface area contributed by atoms with Crippen molar-refractivity contribution in [1.29, 1.82) is 0 Å². The molecular formula is C13H18O. The third kappa shape index (κ3) is 3.00. The minimum Gasteiger partial charge on any atom is -0.389 e. The van der Waals surface area contributed by atoms with Gasteiger partial charge in [0.05, 0.1) is 6.10 Å². The van der Waals surface area contributed by atoms with Gasteiger partial charge in [0.1, 0.15) is 0 Å². The smallest absolute Gasteiger partial charge is 0.0698 e. The summed E-state index contributed by atoms with van der Waals surface area (Å²) in [6.07, 6.45) is 2.49. The van der Waals surface area contributed by atoms with Crippen molar-refractivity contribution in [1.82, 2.24) is 0 Å². The Hall–Kier alpha value is -1.08. The van der Waals surface area contributed by atoms with Gasteiger partial charge in [0, 0.05) is 0 Å². The van der Waals surface area contributed by atoms with Gasteiger partial charge in [-0.1, -0.05) is 42.8 Å². The van der Waals surface area contributed by atoms with E-state index < -0.39 is 0 Å². The van der Waals surface area contributed by atoms with Crippen LogP contribution in [0.3, 0.4) is 0 Å². The molecule has 1 nitrogen and oxygen atoms in total. The minimum absolute atomic E-state index is 0.369. The van der Waals surface area contributed by atoms with Crippen molar-refractivity contribution >= 4 is 5.57 Å². The molecule has 1 aromatic carbocycles. The van der Waals surface area contributed by atoms with Crippen molar-refractivity contribution in [2.24, 2.45) is 0 Å². The third-order valence-corrected chi connectivity index (χ3v) is 2.25. The number of benzene rings is 1. The Bertz CT molecular complexity index is 307. The van der Waals surface area contributed by atoms with Gasteiger partial charge < -0.3 is 5.11 Å². The molecule has 1 N–H and O–H groups in total. The summed E-state index contributed by atoms with van der Waals surface area (Å²) < 4.78 is 0. The SMILES string of the molecule is CC/C(=C/C(C)O)c1ccc(C)cc1. The molecule has 0 aliphatic rings. The predicted octanol–water partition coefficient (Wildman–Crippen LogP) is 3.17. The molecule has 0 radical (unpaired) electrons. The normalized spacial score (nSPS) is 14.1. The Morgan fingerprint density at radius 3 is 2.36 bits per heavy atom. The highest BCUT2D eigenvalue weighted by atomic mass is 16.3. The standard InChI is InChI=1S/C13H18O/c1-4-12(9-11(3)14)13-7-5-10(2)6-8-13/h5-9,11,14H,4H2,1-3H3/b12-9-. The van der Waals surface area contributed by atoms with Crippen LogP contribution < -0.4 is 0 Å². The Balaban J connectivity index is 2.95. The molecule has 14 heavy (non-hydrogen) atoms. The van der Waals surface area contributed by atoms with Gasteiger partial charge in [0.2, 0.25) is 0 Å². The van der Waals surface area contributed by atoms with Crippen molar-refractivity contribution < 1.29 is 5.11 Å². The number of aliphatic hydroxyl groups is 1. The maximum absolute atomic E-state index is 9.29. The fourth-order valence-corrected chi connectivity index (χ4v) is 1.48. The van der Waals surface area contributed by atoms with Gasteiger partial charge >= 0.3 is 0 Å². The summed E-state index contributed by atoms with van der Waals surface area (Å²) >= 11 is 0. The molecule has 0 saturated carbocycles. The first-order valence-corrected chi connectivity index (χ1v) is 5.09. The number of rotatable bonds is 3. The summed E-state index contributed by atoms with van der Waals surface area (Å²) in [5.74, 6) is 0. The first-order chi connectivity index (χ1) is 6.63. The predicted molar refractivity (Wildman–Crippen MR) is 61.1 cm³/mol. The van der Waals surface area contributed by atoms with Crippen molar-refractivity contribution in [2.45, 2.75) is 33.3 Å². The van der Waals surface area contributed by atoms with Crippen molar-refractivity contribution in [3.05, 3.63) is 41.5 Å².